The van der Waals surface area contributed by atoms with Gasteiger partial charge in [-0.1, -0.05) is 25.5 Å². The quantitative estimate of drug-likeness (QED) is 0.748. The Morgan fingerprint density at radius 2 is 2.00 bits per heavy atom. The van der Waals surface area contributed by atoms with Gasteiger partial charge >= 0.3 is 5.97 Å². The highest BCUT2D eigenvalue weighted by atomic mass is 16.5. The number of hydrogen-bond donors (Lipinski definition) is 1. The molecule has 0 bridgehead atoms. The number of esters is 1. The summed E-state index contributed by atoms with van der Waals surface area (Å²) >= 11 is 0. The van der Waals surface area contributed by atoms with Gasteiger partial charge in [-0.25, -0.2) is 4.79 Å². The third-order valence-electron chi connectivity index (χ3n) is 4.20. The third kappa shape index (κ3) is 3.56. The van der Waals surface area contributed by atoms with Crippen molar-refractivity contribution in [1.82, 2.24) is 5.32 Å². The number of rotatable bonds is 8. The van der Waals surface area contributed by atoms with Gasteiger partial charge in [0.1, 0.15) is 12.4 Å². The van der Waals surface area contributed by atoms with Crippen molar-refractivity contribution in [2.45, 2.75) is 38.1 Å². The number of hydrogen-bond acceptors (Lipinski definition) is 4. The Kier molecular flexibility index (Phi) is 5.23. The van der Waals surface area contributed by atoms with E-state index in [0.717, 1.165) is 31.4 Å². The summed E-state index contributed by atoms with van der Waals surface area (Å²) in [5.41, 5.74) is 0.580. The Balaban J connectivity index is 2.02. The van der Waals surface area contributed by atoms with Crippen LogP contribution in [0.3, 0.4) is 0 Å². The number of nitrogens with one attached hydrogen (secondary N) is 1. The summed E-state index contributed by atoms with van der Waals surface area (Å²) in [4.78, 5) is 12.1. The Morgan fingerprint density at radius 1 is 1.33 bits per heavy atom. The molecule has 1 aliphatic rings. The lowest BCUT2D eigenvalue weighted by atomic mass is 9.94. The van der Waals surface area contributed by atoms with Crippen LogP contribution in [0.2, 0.25) is 0 Å². The number of aryl methyl sites for hydroxylation is 1. The average Bonchev–Trinajstić information content (AvgIpc) is 3.35. The standard InChI is InChI=1S/C17H25NO3/c1-4-5-13-6-10-15(11-7-13)21-12-17(18-2,14-8-9-14)16(19)20-3/h6-7,10-11,14,18H,4-5,8-9,12H2,1-3H3. The summed E-state index contributed by atoms with van der Waals surface area (Å²) in [5.74, 6) is 0.850. The minimum absolute atomic E-state index is 0.241. The molecular weight excluding hydrogens is 266 g/mol. The molecule has 1 aromatic carbocycles. The highest BCUT2D eigenvalue weighted by molar-refractivity contribution is 5.82. The molecule has 0 saturated heterocycles. The molecule has 1 atom stereocenters. The average molecular weight is 291 g/mol. The maximum absolute atomic E-state index is 12.1. The summed E-state index contributed by atoms with van der Waals surface area (Å²) < 4.78 is 10.8. The second-order valence-electron chi connectivity index (χ2n) is 5.67. The van der Waals surface area contributed by atoms with Gasteiger partial charge in [0, 0.05) is 0 Å². The molecule has 1 aromatic rings. The summed E-state index contributed by atoms with van der Waals surface area (Å²) in [6, 6.07) is 8.09. The highest BCUT2D eigenvalue weighted by Crippen LogP contribution is 2.40. The summed E-state index contributed by atoms with van der Waals surface area (Å²) in [5, 5.41) is 3.13. The monoisotopic (exact) mass is 291 g/mol. The van der Waals surface area contributed by atoms with Gasteiger partial charge in [0.05, 0.1) is 7.11 Å². The minimum atomic E-state index is -0.725. The van der Waals surface area contributed by atoms with Crippen LogP contribution in [-0.4, -0.2) is 32.3 Å². The van der Waals surface area contributed by atoms with E-state index in [1.165, 1.54) is 12.7 Å². The highest BCUT2D eigenvalue weighted by Gasteiger charge is 2.51. The fraction of sp³-hybridized carbons (Fsp3) is 0.588. The molecule has 1 unspecified atom stereocenters. The Hall–Kier alpha value is -1.55. The van der Waals surface area contributed by atoms with Gasteiger partial charge in [-0.05, 0) is 49.9 Å². The first kappa shape index (κ1) is 15.8. The SMILES string of the molecule is CCCc1ccc(OCC(NC)(C(=O)OC)C2CC2)cc1. The Morgan fingerprint density at radius 3 is 2.48 bits per heavy atom. The van der Waals surface area contributed by atoms with Crippen LogP contribution >= 0.6 is 0 Å². The molecule has 4 nitrogen and oxygen atoms in total. The van der Waals surface area contributed by atoms with Crippen LogP contribution in [-0.2, 0) is 16.0 Å². The van der Waals surface area contributed by atoms with Crippen LogP contribution in [0.25, 0.3) is 0 Å². The van der Waals surface area contributed by atoms with E-state index in [-0.39, 0.29) is 5.97 Å². The molecular formula is C17H25NO3. The number of likely N-dealkylation sites (N-methyl/N-ethyl adjacent to an activating group) is 1. The predicted molar refractivity (Wildman–Crippen MR) is 82.5 cm³/mol. The number of methoxy groups -OCH3 is 1. The molecule has 0 radical (unpaired) electrons. The summed E-state index contributed by atoms with van der Waals surface area (Å²) in [6.45, 7) is 2.46. The van der Waals surface area contributed by atoms with E-state index < -0.39 is 5.54 Å². The molecule has 0 spiro atoms. The first-order valence-electron chi connectivity index (χ1n) is 7.65. The van der Waals surface area contributed by atoms with Gasteiger partial charge < -0.3 is 14.8 Å². The predicted octanol–water partition coefficient (Wildman–Crippen LogP) is 2.56. The second kappa shape index (κ2) is 6.94. The fourth-order valence-corrected chi connectivity index (χ4v) is 2.72. The van der Waals surface area contributed by atoms with Crippen molar-refractivity contribution in [2.24, 2.45) is 5.92 Å². The summed E-state index contributed by atoms with van der Waals surface area (Å²) in [6.07, 6.45) is 4.28. The molecule has 1 N–H and O–H groups in total. The van der Waals surface area contributed by atoms with Crippen LogP contribution in [0.4, 0.5) is 0 Å². The molecule has 116 valence electrons. The normalized spacial score (nSPS) is 17.1. The summed E-state index contributed by atoms with van der Waals surface area (Å²) in [7, 11) is 3.22. The molecule has 21 heavy (non-hydrogen) atoms. The molecule has 0 aromatic heterocycles. The molecule has 2 rings (SSSR count). The van der Waals surface area contributed by atoms with Crippen molar-refractivity contribution in [3.8, 4) is 5.75 Å². The molecule has 4 heteroatoms. The minimum Gasteiger partial charge on any atom is -0.491 e. The molecule has 1 fully saturated rings. The lowest BCUT2D eigenvalue weighted by molar-refractivity contribution is -0.151. The molecule has 1 saturated carbocycles. The number of benzene rings is 1. The van der Waals surface area contributed by atoms with E-state index in [4.69, 9.17) is 9.47 Å². The molecule has 1 aliphatic carbocycles. The lowest BCUT2D eigenvalue weighted by Crippen LogP contribution is -2.57. The lowest BCUT2D eigenvalue weighted by Gasteiger charge is -2.30. The Labute approximate surface area is 126 Å². The zero-order valence-electron chi connectivity index (χ0n) is 13.1. The van der Waals surface area contributed by atoms with E-state index >= 15 is 0 Å². The van der Waals surface area contributed by atoms with E-state index in [0.29, 0.717) is 12.5 Å². The first-order valence-corrected chi connectivity index (χ1v) is 7.65. The van der Waals surface area contributed by atoms with Gasteiger partial charge in [0.2, 0.25) is 0 Å². The topological polar surface area (TPSA) is 47.6 Å². The maximum atomic E-state index is 12.1. The smallest absolute Gasteiger partial charge is 0.329 e. The van der Waals surface area contributed by atoms with Crippen LogP contribution in [0.5, 0.6) is 5.75 Å². The van der Waals surface area contributed by atoms with Gasteiger partial charge in [-0.15, -0.1) is 0 Å². The van der Waals surface area contributed by atoms with Crippen molar-refractivity contribution >= 4 is 5.97 Å². The van der Waals surface area contributed by atoms with Crippen molar-refractivity contribution < 1.29 is 14.3 Å². The third-order valence-corrected chi connectivity index (χ3v) is 4.20. The number of ether oxygens (including phenoxy) is 2. The maximum Gasteiger partial charge on any atom is 0.329 e. The Bertz CT molecular complexity index is 467. The van der Waals surface area contributed by atoms with Gasteiger partial charge in [-0.2, -0.15) is 0 Å². The van der Waals surface area contributed by atoms with E-state index in [2.05, 4.69) is 24.4 Å². The van der Waals surface area contributed by atoms with Gasteiger partial charge in [-0.3, -0.25) is 0 Å². The van der Waals surface area contributed by atoms with Gasteiger partial charge in [0.15, 0.2) is 5.54 Å². The van der Waals surface area contributed by atoms with Crippen LogP contribution < -0.4 is 10.1 Å². The van der Waals surface area contributed by atoms with Gasteiger partial charge in [0.25, 0.3) is 0 Å². The van der Waals surface area contributed by atoms with Crippen LogP contribution in [0.1, 0.15) is 31.7 Å². The van der Waals surface area contributed by atoms with Crippen molar-refractivity contribution in [3.63, 3.8) is 0 Å². The van der Waals surface area contributed by atoms with Crippen molar-refractivity contribution in [1.29, 1.82) is 0 Å². The zero-order chi connectivity index (χ0) is 15.3. The van der Waals surface area contributed by atoms with E-state index in [9.17, 15) is 4.79 Å². The second-order valence-corrected chi connectivity index (χ2v) is 5.67. The van der Waals surface area contributed by atoms with Crippen LogP contribution in [0.15, 0.2) is 24.3 Å². The van der Waals surface area contributed by atoms with Crippen molar-refractivity contribution in [2.75, 3.05) is 20.8 Å². The van der Waals surface area contributed by atoms with E-state index in [1.54, 1.807) is 7.05 Å². The molecule has 0 amide bonds. The van der Waals surface area contributed by atoms with E-state index in [1.807, 2.05) is 12.1 Å². The van der Waals surface area contributed by atoms with Crippen molar-refractivity contribution in [3.05, 3.63) is 29.8 Å². The zero-order valence-corrected chi connectivity index (χ0v) is 13.1. The van der Waals surface area contributed by atoms with Crippen LogP contribution in [0, 0.1) is 5.92 Å². The largest absolute Gasteiger partial charge is 0.491 e. The first-order chi connectivity index (χ1) is 10.2. The molecule has 0 heterocycles. The molecule has 0 aliphatic heterocycles. The number of carbonyl (C=O) groups excluding carboxylic acids is 1. The number of carbonyl (C=O) groups is 1. The fourth-order valence-electron chi connectivity index (χ4n) is 2.72.